The smallest absolute Gasteiger partial charge is 0.0360 e. The van der Waals surface area contributed by atoms with E-state index < -0.39 is 0 Å². The first kappa shape index (κ1) is 12.0. The summed E-state index contributed by atoms with van der Waals surface area (Å²) in [5, 5.41) is 3.72. The maximum absolute atomic E-state index is 3.72. The van der Waals surface area contributed by atoms with Gasteiger partial charge in [0.25, 0.3) is 0 Å². The van der Waals surface area contributed by atoms with Crippen molar-refractivity contribution in [3.8, 4) is 0 Å². The van der Waals surface area contributed by atoms with Crippen molar-refractivity contribution in [3.63, 3.8) is 0 Å². The Kier molecular flexibility index (Phi) is 3.45. The topological polar surface area (TPSA) is 15.3 Å². The summed E-state index contributed by atoms with van der Waals surface area (Å²) in [7, 11) is 0. The Labute approximate surface area is 106 Å². The molecule has 2 saturated heterocycles. The van der Waals surface area contributed by atoms with Crippen molar-refractivity contribution in [2.75, 3.05) is 19.6 Å². The molecular formula is C15H28N2. The predicted octanol–water partition coefficient (Wildman–Crippen LogP) is 2.78. The highest BCUT2D eigenvalue weighted by Gasteiger charge is 2.45. The van der Waals surface area contributed by atoms with Gasteiger partial charge in [-0.25, -0.2) is 0 Å². The molecule has 17 heavy (non-hydrogen) atoms. The molecule has 2 aliphatic heterocycles. The van der Waals surface area contributed by atoms with E-state index in [0.29, 0.717) is 11.6 Å². The lowest BCUT2D eigenvalue weighted by atomic mass is 9.79. The van der Waals surface area contributed by atoms with Gasteiger partial charge in [-0.15, -0.1) is 0 Å². The summed E-state index contributed by atoms with van der Waals surface area (Å²) >= 11 is 0. The van der Waals surface area contributed by atoms with E-state index in [-0.39, 0.29) is 0 Å². The fourth-order valence-corrected chi connectivity index (χ4v) is 4.30. The first-order valence-electron chi connectivity index (χ1n) is 7.80. The molecule has 0 bridgehead atoms. The molecular weight excluding hydrogens is 208 g/mol. The summed E-state index contributed by atoms with van der Waals surface area (Å²) in [4.78, 5) is 2.85. The summed E-state index contributed by atoms with van der Waals surface area (Å²) in [6.45, 7) is 6.38. The molecule has 3 fully saturated rings. The number of likely N-dealkylation sites (tertiary alicyclic amines) is 1. The molecule has 2 heteroatoms. The van der Waals surface area contributed by atoms with Crippen molar-refractivity contribution < 1.29 is 0 Å². The largest absolute Gasteiger partial charge is 0.312 e. The molecule has 2 atom stereocenters. The van der Waals surface area contributed by atoms with Gasteiger partial charge in [0.05, 0.1) is 0 Å². The van der Waals surface area contributed by atoms with Crippen molar-refractivity contribution in [2.45, 2.75) is 69.9 Å². The highest BCUT2D eigenvalue weighted by molar-refractivity contribution is 5.04. The van der Waals surface area contributed by atoms with Gasteiger partial charge in [-0.05, 0) is 64.6 Å². The molecule has 1 aliphatic carbocycles. The third-order valence-corrected chi connectivity index (χ3v) is 5.74. The predicted molar refractivity (Wildman–Crippen MR) is 72.2 cm³/mol. The standard InChI is InChI=1S/C15H28N2/c1-13-15(8-3-10-16-13)9-4-11-17(15)12-7-14-5-2-6-14/h13-14,16H,2-12H2,1H3. The van der Waals surface area contributed by atoms with Crippen molar-refractivity contribution in [3.05, 3.63) is 0 Å². The van der Waals surface area contributed by atoms with Crippen molar-refractivity contribution >= 4 is 0 Å². The number of rotatable bonds is 3. The second kappa shape index (κ2) is 4.89. The fourth-order valence-electron chi connectivity index (χ4n) is 4.30. The second-order valence-corrected chi connectivity index (χ2v) is 6.56. The molecule has 0 amide bonds. The van der Waals surface area contributed by atoms with Crippen molar-refractivity contribution in [1.82, 2.24) is 10.2 Å². The van der Waals surface area contributed by atoms with Gasteiger partial charge < -0.3 is 5.32 Å². The third-order valence-electron chi connectivity index (χ3n) is 5.74. The SMILES string of the molecule is CC1NCCCC12CCCN2CCC1CCC1. The normalized spacial score (nSPS) is 39.7. The van der Waals surface area contributed by atoms with E-state index in [4.69, 9.17) is 0 Å². The Hall–Kier alpha value is -0.0800. The summed E-state index contributed by atoms with van der Waals surface area (Å²) < 4.78 is 0. The number of hydrogen-bond acceptors (Lipinski definition) is 2. The van der Waals surface area contributed by atoms with Gasteiger partial charge >= 0.3 is 0 Å². The first-order chi connectivity index (χ1) is 8.31. The summed E-state index contributed by atoms with van der Waals surface area (Å²) in [5.41, 5.74) is 0.530. The van der Waals surface area contributed by atoms with E-state index in [1.54, 1.807) is 0 Å². The molecule has 1 spiro atoms. The molecule has 0 radical (unpaired) electrons. The zero-order valence-corrected chi connectivity index (χ0v) is 11.4. The molecule has 3 rings (SSSR count). The summed E-state index contributed by atoms with van der Waals surface area (Å²) in [6.07, 6.45) is 11.7. The molecule has 0 aromatic carbocycles. The van der Waals surface area contributed by atoms with Crippen molar-refractivity contribution in [2.24, 2.45) is 5.92 Å². The van der Waals surface area contributed by atoms with Crippen LogP contribution >= 0.6 is 0 Å². The molecule has 2 nitrogen and oxygen atoms in total. The Balaban J connectivity index is 1.61. The van der Waals surface area contributed by atoms with E-state index in [0.717, 1.165) is 5.92 Å². The van der Waals surface area contributed by atoms with Gasteiger partial charge in [0, 0.05) is 11.6 Å². The maximum atomic E-state index is 3.72. The molecule has 3 aliphatic rings. The van der Waals surface area contributed by atoms with Crippen LogP contribution in [-0.2, 0) is 0 Å². The minimum atomic E-state index is 0.530. The molecule has 1 saturated carbocycles. The lowest BCUT2D eigenvalue weighted by Gasteiger charge is -2.47. The van der Waals surface area contributed by atoms with Gasteiger partial charge in [0.2, 0.25) is 0 Å². The van der Waals surface area contributed by atoms with E-state index in [9.17, 15) is 0 Å². The van der Waals surface area contributed by atoms with Crippen LogP contribution in [-0.4, -0.2) is 36.1 Å². The molecule has 0 aromatic rings. The Morgan fingerprint density at radius 2 is 2.00 bits per heavy atom. The van der Waals surface area contributed by atoms with E-state index >= 15 is 0 Å². The van der Waals surface area contributed by atoms with E-state index in [1.807, 2.05) is 0 Å². The molecule has 2 unspecified atom stereocenters. The monoisotopic (exact) mass is 236 g/mol. The highest BCUT2D eigenvalue weighted by Crippen LogP contribution is 2.39. The van der Waals surface area contributed by atoms with E-state index in [2.05, 4.69) is 17.1 Å². The van der Waals surface area contributed by atoms with Crippen LogP contribution in [0.3, 0.4) is 0 Å². The first-order valence-corrected chi connectivity index (χ1v) is 7.80. The molecule has 98 valence electrons. The maximum Gasteiger partial charge on any atom is 0.0360 e. The minimum Gasteiger partial charge on any atom is -0.312 e. The van der Waals surface area contributed by atoms with Gasteiger partial charge in [-0.3, -0.25) is 4.90 Å². The average molecular weight is 236 g/mol. The quantitative estimate of drug-likeness (QED) is 0.810. The minimum absolute atomic E-state index is 0.530. The fraction of sp³-hybridized carbons (Fsp3) is 1.00. The number of piperidine rings is 1. The Morgan fingerprint density at radius 3 is 2.71 bits per heavy atom. The molecule has 0 aromatic heterocycles. The van der Waals surface area contributed by atoms with Gasteiger partial charge in [0.15, 0.2) is 0 Å². The molecule has 2 heterocycles. The Morgan fingerprint density at radius 1 is 1.18 bits per heavy atom. The van der Waals surface area contributed by atoms with Crippen LogP contribution in [0.15, 0.2) is 0 Å². The lowest BCUT2D eigenvalue weighted by molar-refractivity contribution is 0.0589. The summed E-state index contributed by atoms with van der Waals surface area (Å²) in [5.74, 6) is 1.07. The second-order valence-electron chi connectivity index (χ2n) is 6.56. The van der Waals surface area contributed by atoms with Crippen molar-refractivity contribution in [1.29, 1.82) is 0 Å². The zero-order chi connectivity index (χ0) is 11.7. The Bertz CT molecular complexity index is 262. The number of hydrogen-bond donors (Lipinski definition) is 1. The number of nitrogens with one attached hydrogen (secondary N) is 1. The highest BCUT2D eigenvalue weighted by atomic mass is 15.3. The van der Waals surface area contributed by atoms with Crippen LogP contribution in [0.1, 0.15) is 58.3 Å². The average Bonchev–Trinajstić information content (AvgIpc) is 2.65. The third kappa shape index (κ3) is 2.15. The van der Waals surface area contributed by atoms with Gasteiger partial charge in [-0.1, -0.05) is 19.3 Å². The van der Waals surface area contributed by atoms with Crippen LogP contribution in [0.25, 0.3) is 0 Å². The van der Waals surface area contributed by atoms with E-state index in [1.165, 1.54) is 71.0 Å². The lowest BCUT2D eigenvalue weighted by Crippen LogP contribution is -2.60. The zero-order valence-electron chi connectivity index (χ0n) is 11.4. The van der Waals surface area contributed by atoms with Crippen LogP contribution in [0, 0.1) is 5.92 Å². The van der Waals surface area contributed by atoms with Crippen LogP contribution in [0.2, 0.25) is 0 Å². The van der Waals surface area contributed by atoms with Crippen LogP contribution < -0.4 is 5.32 Å². The van der Waals surface area contributed by atoms with Gasteiger partial charge in [0.1, 0.15) is 0 Å². The van der Waals surface area contributed by atoms with Gasteiger partial charge in [-0.2, -0.15) is 0 Å². The number of nitrogens with zero attached hydrogens (tertiary/aromatic N) is 1. The molecule has 1 N–H and O–H groups in total. The van der Waals surface area contributed by atoms with Crippen LogP contribution in [0.5, 0.6) is 0 Å². The van der Waals surface area contributed by atoms with Crippen LogP contribution in [0.4, 0.5) is 0 Å². The summed E-state index contributed by atoms with van der Waals surface area (Å²) in [6, 6.07) is 0.708.